The summed E-state index contributed by atoms with van der Waals surface area (Å²) in [7, 11) is 1.55. The molecule has 100 valence electrons. The van der Waals surface area contributed by atoms with E-state index in [1.165, 1.54) is 35.2 Å². The minimum absolute atomic E-state index is 0.0600. The Hall–Kier alpha value is -1.67. The lowest BCUT2D eigenvalue weighted by Crippen LogP contribution is -1.94. The van der Waals surface area contributed by atoms with Crippen molar-refractivity contribution in [3.05, 3.63) is 38.9 Å². The lowest BCUT2D eigenvalue weighted by molar-refractivity contribution is -0.384. The summed E-state index contributed by atoms with van der Waals surface area (Å²) in [6.07, 6.45) is 0. The van der Waals surface area contributed by atoms with Crippen LogP contribution in [-0.4, -0.2) is 22.2 Å². The van der Waals surface area contributed by atoms with E-state index in [0.717, 1.165) is 14.9 Å². The molecule has 0 N–H and O–H groups in total. The molecule has 8 heteroatoms. The highest BCUT2D eigenvalue weighted by Gasteiger charge is 2.12. The molecule has 0 atom stereocenters. The van der Waals surface area contributed by atoms with Crippen molar-refractivity contribution in [1.29, 1.82) is 0 Å². The molecule has 0 radical (unpaired) electrons. The van der Waals surface area contributed by atoms with Gasteiger partial charge in [-0.2, -0.15) is 0 Å². The second-order valence-electron chi connectivity index (χ2n) is 3.63. The number of rotatable bonds is 5. The molecule has 0 saturated carbocycles. The highest BCUT2D eigenvalue weighted by molar-refractivity contribution is 8.00. The minimum atomic E-state index is -0.414. The Morgan fingerprint density at radius 1 is 1.47 bits per heavy atom. The SMILES string of the molecule is COc1ccc([N+](=O)[O-])cc1CSc1nnc(C)s1. The van der Waals surface area contributed by atoms with Gasteiger partial charge >= 0.3 is 0 Å². The molecule has 0 bridgehead atoms. The van der Waals surface area contributed by atoms with Gasteiger partial charge in [-0.25, -0.2) is 0 Å². The van der Waals surface area contributed by atoms with Gasteiger partial charge in [0.15, 0.2) is 4.34 Å². The molecule has 0 aliphatic heterocycles. The van der Waals surface area contributed by atoms with Crippen LogP contribution < -0.4 is 4.74 Å². The highest BCUT2D eigenvalue weighted by atomic mass is 32.2. The van der Waals surface area contributed by atoms with Gasteiger partial charge in [0.2, 0.25) is 0 Å². The molecule has 1 heterocycles. The maximum absolute atomic E-state index is 10.8. The first kappa shape index (κ1) is 13.8. The zero-order valence-corrected chi connectivity index (χ0v) is 12.0. The van der Waals surface area contributed by atoms with Gasteiger partial charge < -0.3 is 4.74 Å². The summed E-state index contributed by atoms with van der Waals surface area (Å²) in [5, 5.41) is 19.6. The fourth-order valence-electron chi connectivity index (χ4n) is 1.47. The van der Waals surface area contributed by atoms with Crippen LogP contribution in [0.1, 0.15) is 10.6 Å². The van der Waals surface area contributed by atoms with Crippen molar-refractivity contribution in [2.24, 2.45) is 0 Å². The van der Waals surface area contributed by atoms with Gasteiger partial charge in [-0.1, -0.05) is 23.1 Å². The third-order valence-electron chi connectivity index (χ3n) is 2.33. The van der Waals surface area contributed by atoms with Gasteiger partial charge in [-0.05, 0) is 13.0 Å². The number of benzene rings is 1. The summed E-state index contributed by atoms with van der Waals surface area (Å²) in [6, 6.07) is 4.57. The van der Waals surface area contributed by atoms with Gasteiger partial charge in [-0.15, -0.1) is 10.2 Å². The zero-order valence-electron chi connectivity index (χ0n) is 10.3. The number of hydrogen-bond acceptors (Lipinski definition) is 7. The highest BCUT2D eigenvalue weighted by Crippen LogP contribution is 2.31. The third-order valence-corrected chi connectivity index (χ3v) is 4.35. The quantitative estimate of drug-likeness (QED) is 0.479. The molecule has 0 saturated heterocycles. The number of nitro benzene ring substituents is 1. The first-order valence-electron chi connectivity index (χ1n) is 5.34. The number of aryl methyl sites for hydroxylation is 1. The number of methoxy groups -OCH3 is 1. The summed E-state index contributed by atoms with van der Waals surface area (Å²) >= 11 is 2.98. The summed E-state index contributed by atoms with van der Waals surface area (Å²) in [5.41, 5.74) is 0.833. The topological polar surface area (TPSA) is 78.2 Å². The maximum atomic E-state index is 10.8. The van der Waals surface area contributed by atoms with E-state index in [4.69, 9.17) is 4.74 Å². The Morgan fingerprint density at radius 2 is 2.26 bits per heavy atom. The molecular formula is C11H11N3O3S2. The summed E-state index contributed by atoms with van der Waals surface area (Å²) in [5.74, 6) is 1.19. The smallest absolute Gasteiger partial charge is 0.270 e. The Morgan fingerprint density at radius 3 is 2.84 bits per heavy atom. The van der Waals surface area contributed by atoms with Crippen LogP contribution >= 0.6 is 23.1 Å². The minimum Gasteiger partial charge on any atom is -0.496 e. The Kier molecular flexibility index (Phi) is 4.33. The molecule has 6 nitrogen and oxygen atoms in total. The molecule has 0 spiro atoms. The normalized spacial score (nSPS) is 10.4. The number of nitrogens with zero attached hydrogens (tertiary/aromatic N) is 3. The average molecular weight is 297 g/mol. The summed E-state index contributed by atoms with van der Waals surface area (Å²) in [4.78, 5) is 10.4. The van der Waals surface area contributed by atoms with E-state index in [1.807, 2.05) is 6.92 Å². The van der Waals surface area contributed by atoms with Gasteiger partial charge in [-0.3, -0.25) is 10.1 Å². The maximum Gasteiger partial charge on any atom is 0.270 e. The van der Waals surface area contributed by atoms with E-state index in [-0.39, 0.29) is 5.69 Å². The summed E-state index contributed by atoms with van der Waals surface area (Å²) in [6.45, 7) is 1.88. The van der Waals surface area contributed by atoms with Gasteiger partial charge in [0, 0.05) is 23.4 Å². The Labute approximate surface area is 118 Å². The van der Waals surface area contributed by atoms with Crippen molar-refractivity contribution in [1.82, 2.24) is 10.2 Å². The molecule has 0 aliphatic carbocycles. The van der Waals surface area contributed by atoms with Gasteiger partial charge in [0.05, 0.1) is 12.0 Å². The van der Waals surface area contributed by atoms with Gasteiger partial charge in [0.25, 0.3) is 5.69 Å². The monoisotopic (exact) mass is 297 g/mol. The van der Waals surface area contributed by atoms with E-state index < -0.39 is 4.92 Å². The molecule has 1 aromatic heterocycles. The second kappa shape index (κ2) is 5.98. The number of thioether (sulfide) groups is 1. The number of ether oxygens (including phenoxy) is 1. The number of non-ortho nitro benzene ring substituents is 1. The first-order chi connectivity index (χ1) is 9.10. The van der Waals surface area contributed by atoms with E-state index >= 15 is 0 Å². The van der Waals surface area contributed by atoms with Crippen LogP contribution in [0.2, 0.25) is 0 Å². The molecule has 0 aliphatic rings. The number of nitro groups is 1. The van der Waals surface area contributed by atoms with Crippen LogP contribution in [0.3, 0.4) is 0 Å². The molecule has 2 aromatic rings. The van der Waals surface area contributed by atoms with Crippen molar-refractivity contribution in [2.45, 2.75) is 17.0 Å². The van der Waals surface area contributed by atoms with Crippen molar-refractivity contribution < 1.29 is 9.66 Å². The Bertz CT molecular complexity index is 601. The molecule has 19 heavy (non-hydrogen) atoms. The van der Waals surface area contributed by atoms with E-state index in [9.17, 15) is 10.1 Å². The second-order valence-corrected chi connectivity index (χ2v) is 6.03. The third kappa shape index (κ3) is 3.42. The predicted octanol–water partition coefficient (Wildman–Crippen LogP) is 3.06. The van der Waals surface area contributed by atoms with Crippen LogP contribution in [0.15, 0.2) is 22.5 Å². The van der Waals surface area contributed by atoms with E-state index in [2.05, 4.69) is 10.2 Å². The van der Waals surface area contributed by atoms with Crippen molar-refractivity contribution in [3.63, 3.8) is 0 Å². The fourth-order valence-corrected chi connectivity index (χ4v) is 3.26. The Balaban J connectivity index is 2.17. The zero-order chi connectivity index (χ0) is 13.8. The standard InChI is InChI=1S/C11H11N3O3S2/c1-7-12-13-11(19-7)18-6-8-5-9(14(15)16)3-4-10(8)17-2/h3-5H,6H2,1-2H3. The fraction of sp³-hybridized carbons (Fsp3) is 0.273. The molecule has 2 rings (SSSR count). The lowest BCUT2D eigenvalue weighted by atomic mass is 10.2. The molecule has 1 aromatic carbocycles. The predicted molar refractivity (Wildman–Crippen MR) is 73.9 cm³/mol. The van der Waals surface area contributed by atoms with Gasteiger partial charge in [0.1, 0.15) is 10.8 Å². The largest absolute Gasteiger partial charge is 0.496 e. The molecule has 0 unspecified atom stereocenters. The number of aromatic nitrogens is 2. The first-order valence-corrected chi connectivity index (χ1v) is 7.14. The van der Waals surface area contributed by atoms with Crippen molar-refractivity contribution >= 4 is 28.8 Å². The molecule has 0 fully saturated rings. The van der Waals surface area contributed by atoms with E-state index in [0.29, 0.717) is 11.5 Å². The van der Waals surface area contributed by atoms with Crippen LogP contribution in [0.5, 0.6) is 5.75 Å². The summed E-state index contributed by atoms with van der Waals surface area (Å²) < 4.78 is 6.04. The molecule has 0 amide bonds. The van der Waals surface area contributed by atoms with Crippen LogP contribution in [0, 0.1) is 17.0 Å². The van der Waals surface area contributed by atoms with Crippen molar-refractivity contribution in [2.75, 3.05) is 7.11 Å². The lowest BCUT2D eigenvalue weighted by Gasteiger charge is -2.06. The average Bonchev–Trinajstić information content (AvgIpc) is 2.81. The van der Waals surface area contributed by atoms with E-state index in [1.54, 1.807) is 13.2 Å². The number of hydrogen-bond donors (Lipinski definition) is 0. The van der Waals surface area contributed by atoms with Crippen molar-refractivity contribution in [3.8, 4) is 5.75 Å². The van der Waals surface area contributed by atoms with Crippen LogP contribution in [0.25, 0.3) is 0 Å². The van der Waals surface area contributed by atoms with Crippen LogP contribution in [-0.2, 0) is 5.75 Å². The van der Waals surface area contributed by atoms with Crippen LogP contribution in [0.4, 0.5) is 5.69 Å². The molecular weight excluding hydrogens is 286 g/mol.